The van der Waals surface area contributed by atoms with Crippen molar-refractivity contribution in [2.75, 3.05) is 18.4 Å². The molecule has 1 fully saturated rings. The van der Waals surface area contributed by atoms with E-state index >= 15 is 0 Å². The number of carbonyl (C=O) groups is 1. The summed E-state index contributed by atoms with van der Waals surface area (Å²) in [6.45, 7) is 2.64. The second kappa shape index (κ2) is 9.66. The molecular weight excluding hydrogens is 468 g/mol. The lowest BCUT2D eigenvalue weighted by molar-refractivity contribution is -0.120. The maximum atomic E-state index is 12.8. The van der Waals surface area contributed by atoms with Gasteiger partial charge in [-0.15, -0.1) is 10.2 Å². The fraction of sp³-hybridized carbons (Fsp3) is 0.318. The van der Waals surface area contributed by atoms with Gasteiger partial charge in [0.2, 0.25) is 21.1 Å². The molecule has 0 radical (unpaired) electrons. The molecule has 1 N–H and O–H groups in total. The molecule has 4 rings (SSSR count). The molecule has 2 heterocycles. The summed E-state index contributed by atoms with van der Waals surface area (Å²) in [5, 5.41) is 12.8. The molecule has 1 amide bonds. The van der Waals surface area contributed by atoms with Gasteiger partial charge in [0, 0.05) is 29.6 Å². The molecule has 0 unspecified atom stereocenters. The van der Waals surface area contributed by atoms with E-state index in [0.29, 0.717) is 41.6 Å². The van der Waals surface area contributed by atoms with Gasteiger partial charge in [0.05, 0.1) is 5.75 Å². The normalized spacial score (nSPS) is 15.6. The summed E-state index contributed by atoms with van der Waals surface area (Å²) in [5.41, 5.74) is 2.76. The van der Waals surface area contributed by atoms with Crippen LogP contribution in [-0.2, 0) is 20.6 Å². The van der Waals surface area contributed by atoms with Gasteiger partial charge in [-0.25, -0.2) is 12.7 Å². The molecule has 3 aromatic rings. The fourth-order valence-corrected chi connectivity index (χ4v) is 6.13. The third-order valence-electron chi connectivity index (χ3n) is 5.41. The van der Waals surface area contributed by atoms with E-state index in [2.05, 4.69) is 15.5 Å². The number of hydrogen-bond donors (Lipinski definition) is 1. The van der Waals surface area contributed by atoms with E-state index in [1.54, 1.807) is 24.3 Å². The van der Waals surface area contributed by atoms with E-state index in [1.807, 2.05) is 31.2 Å². The van der Waals surface area contributed by atoms with E-state index < -0.39 is 10.0 Å². The molecule has 0 saturated carbocycles. The Morgan fingerprint density at radius 2 is 1.88 bits per heavy atom. The van der Waals surface area contributed by atoms with Gasteiger partial charge >= 0.3 is 0 Å². The summed E-state index contributed by atoms with van der Waals surface area (Å²) in [6, 6.07) is 14.8. The van der Waals surface area contributed by atoms with Crippen molar-refractivity contribution in [3.05, 3.63) is 64.7 Å². The largest absolute Gasteiger partial charge is 0.300 e. The topological polar surface area (TPSA) is 92.3 Å². The SMILES string of the molecule is Cc1ccc(-c2nnc(NC(=O)C3CCN(S(=O)(=O)Cc4cccc(Cl)c4)CC3)s2)cc1. The molecule has 1 aliphatic heterocycles. The highest BCUT2D eigenvalue weighted by molar-refractivity contribution is 7.88. The lowest BCUT2D eigenvalue weighted by Gasteiger charge is -2.30. The number of aryl methyl sites for hydroxylation is 1. The van der Waals surface area contributed by atoms with Crippen molar-refractivity contribution in [3.63, 3.8) is 0 Å². The minimum Gasteiger partial charge on any atom is -0.300 e. The Labute approximate surface area is 196 Å². The van der Waals surface area contributed by atoms with Crippen LogP contribution < -0.4 is 5.32 Å². The van der Waals surface area contributed by atoms with E-state index in [-0.39, 0.29) is 17.6 Å². The number of sulfonamides is 1. The van der Waals surface area contributed by atoms with Gasteiger partial charge in [0.15, 0.2) is 0 Å². The lowest BCUT2D eigenvalue weighted by atomic mass is 9.97. The van der Waals surface area contributed by atoms with Gasteiger partial charge in [-0.05, 0) is 37.5 Å². The third-order valence-corrected chi connectivity index (χ3v) is 8.38. The number of nitrogens with one attached hydrogen (secondary N) is 1. The Hall–Kier alpha value is -2.33. The molecule has 168 valence electrons. The van der Waals surface area contributed by atoms with Crippen LogP contribution in [0.1, 0.15) is 24.0 Å². The maximum Gasteiger partial charge on any atom is 0.229 e. The Balaban J connectivity index is 1.32. The molecule has 2 aromatic carbocycles. The van der Waals surface area contributed by atoms with Crippen LogP contribution >= 0.6 is 22.9 Å². The predicted molar refractivity (Wildman–Crippen MR) is 127 cm³/mol. The first-order valence-corrected chi connectivity index (χ1v) is 13.0. The Kier molecular flexibility index (Phi) is 6.90. The number of benzene rings is 2. The Bertz CT molecular complexity index is 1200. The third kappa shape index (κ3) is 5.53. The summed E-state index contributed by atoms with van der Waals surface area (Å²) in [6.07, 6.45) is 0.925. The Morgan fingerprint density at radius 1 is 1.16 bits per heavy atom. The van der Waals surface area contributed by atoms with Crippen molar-refractivity contribution in [1.29, 1.82) is 0 Å². The summed E-state index contributed by atoms with van der Waals surface area (Å²) in [4.78, 5) is 12.7. The van der Waals surface area contributed by atoms with Crippen LogP contribution in [0.25, 0.3) is 10.6 Å². The molecule has 1 aliphatic rings. The van der Waals surface area contributed by atoms with Crippen molar-refractivity contribution >= 4 is 44.0 Å². The van der Waals surface area contributed by atoms with Gasteiger partial charge in [-0.1, -0.05) is 64.9 Å². The van der Waals surface area contributed by atoms with Gasteiger partial charge in [-0.2, -0.15) is 0 Å². The van der Waals surface area contributed by atoms with Gasteiger partial charge < -0.3 is 5.32 Å². The molecule has 10 heteroatoms. The number of rotatable bonds is 6. The first-order valence-electron chi connectivity index (χ1n) is 10.2. The number of piperidine rings is 1. The minimum absolute atomic E-state index is 0.100. The van der Waals surface area contributed by atoms with Crippen LogP contribution in [0.15, 0.2) is 48.5 Å². The van der Waals surface area contributed by atoms with Crippen LogP contribution in [-0.4, -0.2) is 41.9 Å². The van der Waals surface area contributed by atoms with Gasteiger partial charge in [0.25, 0.3) is 0 Å². The number of halogens is 1. The van der Waals surface area contributed by atoms with Crippen LogP contribution in [0.2, 0.25) is 5.02 Å². The second-order valence-electron chi connectivity index (χ2n) is 7.83. The van der Waals surface area contributed by atoms with E-state index in [1.165, 1.54) is 15.6 Å². The number of carbonyl (C=O) groups excluding carboxylic acids is 1. The molecule has 32 heavy (non-hydrogen) atoms. The lowest BCUT2D eigenvalue weighted by Crippen LogP contribution is -2.41. The van der Waals surface area contributed by atoms with Crippen molar-refractivity contribution < 1.29 is 13.2 Å². The van der Waals surface area contributed by atoms with Crippen molar-refractivity contribution in [2.24, 2.45) is 5.92 Å². The molecule has 0 spiro atoms. The number of nitrogens with zero attached hydrogens (tertiary/aromatic N) is 3. The highest BCUT2D eigenvalue weighted by Gasteiger charge is 2.31. The summed E-state index contributed by atoms with van der Waals surface area (Å²) < 4.78 is 27.0. The molecule has 1 aromatic heterocycles. The zero-order valence-electron chi connectivity index (χ0n) is 17.5. The summed E-state index contributed by atoms with van der Waals surface area (Å²) in [7, 11) is -3.47. The molecular formula is C22H23ClN4O3S2. The highest BCUT2D eigenvalue weighted by Crippen LogP contribution is 2.28. The average molecular weight is 491 g/mol. The standard InChI is InChI=1S/C22H23ClN4O3S2/c1-15-5-7-18(8-6-15)21-25-26-22(31-21)24-20(28)17-9-11-27(12-10-17)32(29,30)14-16-3-2-4-19(23)13-16/h2-8,13,17H,9-12,14H2,1H3,(H,24,26,28). The number of anilines is 1. The van der Waals surface area contributed by atoms with Crippen molar-refractivity contribution in [3.8, 4) is 10.6 Å². The van der Waals surface area contributed by atoms with E-state index in [0.717, 1.165) is 16.1 Å². The zero-order chi connectivity index (χ0) is 22.7. The van der Waals surface area contributed by atoms with E-state index in [9.17, 15) is 13.2 Å². The van der Waals surface area contributed by atoms with Gasteiger partial charge in [-0.3, -0.25) is 4.79 Å². The first-order chi connectivity index (χ1) is 15.3. The first kappa shape index (κ1) is 22.8. The number of hydrogen-bond acceptors (Lipinski definition) is 6. The average Bonchev–Trinajstić information content (AvgIpc) is 3.22. The summed E-state index contributed by atoms with van der Waals surface area (Å²) >= 11 is 7.28. The maximum absolute atomic E-state index is 12.8. The molecule has 0 atom stereocenters. The second-order valence-corrected chi connectivity index (χ2v) is 11.2. The molecule has 1 saturated heterocycles. The highest BCUT2D eigenvalue weighted by atomic mass is 35.5. The van der Waals surface area contributed by atoms with Crippen molar-refractivity contribution in [2.45, 2.75) is 25.5 Å². The van der Waals surface area contributed by atoms with Crippen molar-refractivity contribution in [1.82, 2.24) is 14.5 Å². The van der Waals surface area contributed by atoms with Crippen LogP contribution in [0, 0.1) is 12.8 Å². The molecule has 7 nitrogen and oxygen atoms in total. The minimum atomic E-state index is -3.47. The molecule has 0 aliphatic carbocycles. The monoisotopic (exact) mass is 490 g/mol. The number of amides is 1. The van der Waals surface area contributed by atoms with E-state index in [4.69, 9.17) is 11.6 Å². The van der Waals surface area contributed by atoms with Gasteiger partial charge in [0.1, 0.15) is 5.01 Å². The number of aromatic nitrogens is 2. The summed E-state index contributed by atoms with van der Waals surface area (Å²) in [5.74, 6) is -0.514. The smallest absolute Gasteiger partial charge is 0.229 e. The van der Waals surface area contributed by atoms with Crippen LogP contribution in [0.4, 0.5) is 5.13 Å². The predicted octanol–water partition coefficient (Wildman–Crippen LogP) is 4.35. The Morgan fingerprint density at radius 3 is 2.56 bits per heavy atom. The fourth-order valence-electron chi connectivity index (χ4n) is 3.62. The van der Waals surface area contributed by atoms with Crippen LogP contribution in [0.3, 0.4) is 0 Å². The molecule has 0 bridgehead atoms. The quantitative estimate of drug-likeness (QED) is 0.554. The zero-order valence-corrected chi connectivity index (χ0v) is 19.9. The van der Waals surface area contributed by atoms with Crippen LogP contribution in [0.5, 0.6) is 0 Å².